The molecule has 3 aromatic rings. The normalized spacial score (nSPS) is 23.4. The van der Waals surface area contributed by atoms with Gasteiger partial charge in [0.05, 0.1) is 12.6 Å². The van der Waals surface area contributed by atoms with Gasteiger partial charge in [0.25, 0.3) is 5.56 Å². The van der Waals surface area contributed by atoms with E-state index in [2.05, 4.69) is 45.3 Å². The molecule has 3 atom stereocenters. The Bertz CT molecular complexity index is 1120. The van der Waals surface area contributed by atoms with Crippen molar-refractivity contribution in [3.8, 4) is 0 Å². The van der Waals surface area contributed by atoms with Crippen molar-refractivity contribution >= 4 is 10.9 Å². The molecule has 2 aromatic heterocycles. The van der Waals surface area contributed by atoms with Crippen molar-refractivity contribution in [3.05, 3.63) is 51.6 Å². The summed E-state index contributed by atoms with van der Waals surface area (Å²) in [6, 6.07) is 7.84. The molecule has 5 rings (SSSR count). The van der Waals surface area contributed by atoms with Gasteiger partial charge >= 0.3 is 0 Å². The molecule has 31 heavy (non-hydrogen) atoms. The van der Waals surface area contributed by atoms with Crippen LogP contribution in [-0.2, 0) is 11.3 Å². The number of piperidine rings is 1. The molecule has 0 aliphatic carbocycles. The highest BCUT2D eigenvalue weighted by Gasteiger charge is 2.33. The number of benzene rings is 1. The van der Waals surface area contributed by atoms with E-state index in [0.717, 1.165) is 61.2 Å². The molecule has 1 N–H and O–H groups in total. The lowest BCUT2D eigenvalue weighted by atomic mass is 9.95. The molecule has 2 saturated heterocycles. The minimum Gasteiger partial charge on any atom is -0.376 e. The largest absolute Gasteiger partial charge is 0.376 e. The fraction of sp³-hybridized carbons (Fsp3) is 0.565. The van der Waals surface area contributed by atoms with Crippen molar-refractivity contribution in [2.24, 2.45) is 5.92 Å². The zero-order valence-corrected chi connectivity index (χ0v) is 18.3. The minimum atomic E-state index is -0.284. The van der Waals surface area contributed by atoms with Crippen molar-refractivity contribution in [3.63, 3.8) is 0 Å². The van der Waals surface area contributed by atoms with Crippen LogP contribution in [0.3, 0.4) is 0 Å². The molecule has 2 aliphatic heterocycles. The van der Waals surface area contributed by atoms with Crippen LogP contribution in [0.2, 0.25) is 0 Å². The van der Waals surface area contributed by atoms with Crippen LogP contribution in [0.25, 0.3) is 10.9 Å². The molecule has 0 unspecified atom stereocenters. The van der Waals surface area contributed by atoms with Gasteiger partial charge in [0.15, 0.2) is 5.82 Å². The van der Waals surface area contributed by atoms with Crippen LogP contribution < -0.4 is 5.56 Å². The molecule has 0 spiro atoms. The number of fused-ring (bicyclic) bond motifs is 1. The monoisotopic (exact) mass is 422 g/mol. The predicted octanol–water partition coefficient (Wildman–Crippen LogP) is 2.82. The van der Waals surface area contributed by atoms with Gasteiger partial charge in [-0.15, -0.1) is 5.10 Å². The molecule has 0 bridgehead atoms. The molecular formula is C23H30N6O2. The third-order valence-corrected chi connectivity index (χ3v) is 6.58. The highest BCUT2D eigenvalue weighted by Crippen LogP contribution is 2.31. The number of aromatic nitrogens is 5. The number of rotatable bonds is 5. The van der Waals surface area contributed by atoms with Crippen molar-refractivity contribution in [1.29, 1.82) is 0 Å². The van der Waals surface area contributed by atoms with Crippen LogP contribution in [0.5, 0.6) is 0 Å². The van der Waals surface area contributed by atoms with Crippen LogP contribution in [0, 0.1) is 12.8 Å². The predicted molar refractivity (Wildman–Crippen MR) is 118 cm³/mol. The zero-order valence-electron chi connectivity index (χ0n) is 18.3. The molecule has 2 fully saturated rings. The first-order chi connectivity index (χ1) is 15.1. The Hall–Kier alpha value is -2.58. The van der Waals surface area contributed by atoms with Crippen molar-refractivity contribution in [2.75, 3.05) is 19.7 Å². The maximum Gasteiger partial charge on any atom is 0.253 e. The summed E-state index contributed by atoms with van der Waals surface area (Å²) >= 11 is 0. The summed E-state index contributed by atoms with van der Waals surface area (Å²) in [4.78, 5) is 18.7. The van der Waals surface area contributed by atoms with Gasteiger partial charge in [-0.1, -0.05) is 18.6 Å². The van der Waals surface area contributed by atoms with E-state index in [0.29, 0.717) is 18.0 Å². The number of nitrogens with one attached hydrogen (secondary N) is 1. The second-order valence-electron chi connectivity index (χ2n) is 9.14. The van der Waals surface area contributed by atoms with E-state index < -0.39 is 0 Å². The van der Waals surface area contributed by atoms with Gasteiger partial charge < -0.3 is 9.72 Å². The van der Waals surface area contributed by atoms with E-state index in [1.54, 1.807) is 0 Å². The average Bonchev–Trinajstić information content (AvgIpc) is 3.42. The van der Waals surface area contributed by atoms with Crippen molar-refractivity contribution in [1.82, 2.24) is 30.1 Å². The summed E-state index contributed by atoms with van der Waals surface area (Å²) in [5, 5.41) is 13.7. The Labute approximate surface area is 181 Å². The summed E-state index contributed by atoms with van der Waals surface area (Å²) in [6.45, 7) is 7.59. The molecule has 0 radical (unpaired) electrons. The summed E-state index contributed by atoms with van der Waals surface area (Å²) in [7, 11) is 0. The second-order valence-corrected chi connectivity index (χ2v) is 9.14. The Morgan fingerprint density at radius 2 is 2.16 bits per heavy atom. The number of pyridine rings is 1. The Kier molecular flexibility index (Phi) is 5.58. The highest BCUT2D eigenvalue weighted by atomic mass is 16.5. The molecule has 0 saturated carbocycles. The Morgan fingerprint density at radius 3 is 2.97 bits per heavy atom. The molecule has 2 aliphatic rings. The fourth-order valence-electron chi connectivity index (χ4n) is 5.02. The van der Waals surface area contributed by atoms with Crippen LogP contribution in [0.1, 0.15) is 55.6 Å². The van der Waals surface area contributed by atoms with E-state index in [9.17, 15) is 4.79 Å². The van der Waals surface area contributed by atoms with Gasteiger partial charge in [-0.25, -0.2) is 4.68 Å². The van der Waals surface area contributed by atoms with Crippen LogP contribution in [-0.4, -0.2) is 55.9 Å². The van der Waals surface area contributed by atoms with Gasteiger partial charge in [-0.3, -0.25) is 9.69 Å². The molecular weight excluding hydrogens is 392 g/mol. The summed E-state index contributed by atoms with van der Waals surface area (Å²) in [6.07, 6.45) is 4.52. The Morgan fingerprint density at radius 1 is 1.26 bits per heavy atom. The number of nitrogens with zero attached hydrogens (tertiary/aromatic N) is 5. The lowest BCUT2D eigenvalue weighted by Gasteiger charge is -2.36. The maximum atomic E-state index is 13.3. The van der Waals surface area contributed by atoms with E-state index in [4.69, 9.17) is 4.74 Å². The van der Waals surface area contributed by atoms with E-state index in [1.807, 2.05) is 22.9 Å². The minimum absolute atomic E-state index is 0.0776. The second kappa shape index (κ2) is 8.51. The first-order valence-electron chi connectivity index (χ1n) is 11.3. The molecule has 0 amide bonds. The van der Waals surface area contributed by atoms with Crippen LogP contribution in [0.15, 0.2) is 29.1 Å². The van der Waals surface area contributed by atoms with Gasteiger partial charge in [-0.2, -0.15) is 0 Å². The van der Waals surface area contributed by atoms with E-state index in [-0.39, 0.29) is 17.7 Å². The third-order valence-electron chi connectivity index (χ3n) is 6.58. The SMILES string of the molecule is Cc1ccc2[nH]c(=O)c([C@H](c3nnnn3C[C@H]3CCCO3)N3CCC[C@@H](C)C3)cc2c1. The maximum absolute atomic E-state index is 13.3. The Balaban J connectivity index is 1.60. The smallest absolute Gasteiger partial charge is 0.253 e. The third kappa shape index (κ3) is 4.14. The van der Waals surface area contributed by atoms with E-state index >= 15 is 0 Å². The summed E-state index contributed by atoms with van der Waals surface area (Å²) in [5.41, 5.74) is 2.64. The lowest BCUT2D eigenvalue weighted by Crippen LogP contribution is -2.41. The number of hydrogen-bond donors (Lipinski definition) is 1. The number of aryl methyl sites for hydroxylation is 1. The number of H-pyrrole nitrogens is 1. The number of likely N-dealkylation sites (tertiary alicyclic amines) is 1. The van der Waals surface area contributed by atoms with Gasteiger partial charge in [-0.05, 0) is 79.1 Å². The fourth-order valence-corrected chi connectivity index (χ4v) is 5.02. The number of ether oxygens (including phenoxy) is 1. The first kappa shape index (κ1) is 20.3. The average molecular weight is 423 g/mol. The quantitative estimate of drug-likeness (QED) is 0.680. The number of aromatic amines is 1. The molecule has 8 heteroatoms. The first-order valence-corrected chi connectivity index (χ1v) is 11.3. The standard InChI is InChI=1S/C23H30N6O2/c1-15-7-8-20-17(11-15)12-19(23(30)24-20)21(28-9-3-5-16(2)13-28)22-25-26-27-29(22)14-18-6-4-10-31-18/h7-8,11-12,16,18,21H,3-6,9-10,13-14H2,1-2H3,(H,24,30)/t16-,18-,21-/m1/s1. The van der Waals surface area contributed by atoms with E-state index in [1.165, 1.54) is 6.42 Å². The van der Waals surface area contributed by atoms with Gasteiger partial charge in [0.2, 0.25) is 0 Å². The van der Waals surface area contributed by atoms with Crippen molar-refractivity contribution < 1.29 is 4.74 Å². The molecule has 164 valence electrons. The molecule has 8 nitrogen and oxygen atoms in total. The summed E-state index contributed by atoms with van der Waals surface area (Å²) < 4.78 is 7.67. The number of tetrazole rings is 1. The highest BCUT2D eigenvalue weighted by molar-refractivity contribution is 5.79. The summed E-state index contributed by atoms with van der Waals surface area (Å²) in [5.74, 6) is 1.29. The van der Waals surface area contributed by atoms with Crippen LogP contribution >= 0.6 is 0 Å². The zero-order chi connectivity index (χ0) is 21.4. The molecule has 1 aromatic carbocycles. The van der Waals surface area contributed by atoms with Crippen molar-refractivity contribution in [2.45, 2.75) is 58.2 Å². The number of hydrogen-bond acceptors (Lipinski definition) is 6. The lowest BCUT2D eigenvalue weighted by molar-refractivity contribution is 0.0889. The van der Waals surface area contributed by atoms with Gasteiger partial charge in [0.1, 0.15) is 6.04 Å². The van der Waals surface area contributed by atoms with Gasteiger partial charge in [0, 0.05) is 24.2 Å². The topological polar surface area (TPSA) is 88.9 Å². The van der Waals surface area contributed by atoms with Crippen LogP contribution in [0.4, 0.5) is 0 Å². The molecule has 4 heterocycles.